The summed E-state index contributed by atoms with van der Waals surface area (Å²) in [5.41, 5.74) is 4.84. The molecule has 0 spiro atoms. The van der Waals surface area contributed by atoms with E-state index < -0.39 is 15.6 Å². The summed E-state index contributed by atoms with van der Waals surface area (Å²) in [6.45, 7) is 8.24. The zero-order chi connectivity index (χ0) is 30.8. The van der Waals surface area contributed by atoms with Crippen LogP contribution in [0.3, 0.4) is 0 Å². The van der Waals surface area contributed by atoms with E-state index in [1.165, 1.54) is 5.69 Å². The molecular formula is C20H20ClCoF12N3OP2-2. The molecule has 0 saturated heterocycles. The van der Waals surface area contributed by atoms with Crippen molar-refractivity contribution in [1.82, 2.24) is 4.98 Å². The first kappa shape index (κ1) is 38.1. The van der Waals surface area contributed by atoms with Gasteiger partial charge in [-0.15, -0.1) is 0 Å². The largest absolute Gasteiger partial charge is 0 e. The molecule has 0 N–H and O–H groups in total. The van der Waals surface area contributed by atoms with Crippen LogP contribution >= 0.6 is 27.2 Å². The number of carbonyl (C=O) groups excluding carboxylic acids is 1. The summed E-state index contributed by atoms with van der Waals surface area (Å²) in [5.74, 6) is -0.259. The number of aromatic nitrogens is 1. The van der Waals surface area contributed by atoms with Gasteiger partial charge in [-0.05, 0) is 62.7 Å². The molecule has 1 aliphatic carbocycles. The molecule has 20 heteroatoms. The van der Waals surface area contributed by atoms with E-state index in [0.29, 0.717) is 17.0 Å². The minimum absolute atomic E-state index is 0. The third kappa shape index (κ3) is 17.7. The maximum atomic E-state index is 12.1. The third-order valence-corrected chi connectivity index (χ3v) is 4.61. The Labute approximate surface area is 235 Å². The van der Waals surface area contributed by atoms with Crippen molar-refractivity contribution in [2.75, 3.05) is 18.0 Å². The van der Waals surface area contributed by atoms with Crippen molar-refractivity contribution in [2.45, 2.75) is 20.8 Å². The van der Waals surface area contributed by atoms with E-state index in [9.17, 15) is 55.2 Å². The number of Topliss-reactive ketones (excluding diaryl/α,β-unsaturated/α-hetero) is 1. The van der Waals surface area contributed by atoms with Gasteiger partial charge < -0.3 is 4.90 Å². The standard InChI is InChI=1S/C20H20ClN3O.Co.2F6P/c1-4-24(5-2)14-8-9-17(13(3)11-14)23-18-12-16(21)20(25)19-15(18)7-6-10-22-19;;2*1-7(2,3,4,5)6/h6-12H,4-5H2,1-3H3;;;/q;;2*-1. The first-order chi connectivity index (χ1) is 16.9. The average molecular weight is 703 g/mol. The molecular weight excluding hydrogens is 683 g/mol. The summed E-state index contributed by atoms with van der Waals surface area (Å²) in [7, 11) is -21.3. The van der Waals surface area contributed by atoms with E-state index in [1.54, 1.807) is 18.3 Å². The molecule has 4 nitrogen and oxygen atoms in total. The summed E-state index contributed by atoms with van der Waals surface area (Å²) in [4.78, 5) is 23.3. The maximum absolute atomic E-state index is 12.1. The van der Waals surface area contributed by atoms with Crippen LogP contribution < -0.4 is 4.90 Å². The van der Waals surface area contributed by atoms with E-state index in [4.69, 9.17) is 16.6 Å². The van der Waals surface area contributed by atoms with Crippen LogP contribution in [-0.2, 0) is 16.8 Å². The number of allylic oxidation sites excluding steroid dienone is 2. The molecule has 0 saturated carbocycles. The van der Waals surface area contributed by atoms with Crippen LogP contribution in [0.1, 0.15) is 35.5 Å². The molecule has 1 aromatic heterocycles. The third-order valence-electron chi connectivity index (χ3n) is 4.33. The first-order valence-electron chi connectivity index (χ1n) is 10.4. The van der Waals surface area contributed by atoms with Gasteiger partial charge in [-0.2, -0.15) is 0 Å². The number of rotatable bonds is 4. The number of aryl methyl sites for hydroxylation is 1. The summed E-state index contributed by atoms with van der Waals surface area (Å²) in [5, 5.41) is 0.141. The summed E-state index contributed by atoms with van der Waals surface area (Å²) >= 11 is 6.08. The number of benzene rings is 1. The number of hydrogen-bond donors (Lipinski definition) is 0. The first-order valence-corrected chi connectivity index (χ1v) is 14.8. The Morgan fingerprint density at radius 1 is 0.875 bits per heavy atom. The predicted molar refractivity (Wildman–Crippen MR) is 131 cm³/mol. The smallest absolute Gasteiger partial charge is 0 e. The average Bonchev–Trinajstić information content (AvgIpc) is 2.70. The molecule has 233 valence electrons. The van der Waals surface area contributed by atoms with Gasteiger partial charge in [-0.1, -0.05) is 11.6 Å². The second kappa shape index (κ2) is 11.0. The summed E-state index contributed by atoms with van der Waals surface area (Å²) < 4.78 is 118. The molecule has 2 aromatic rings. The number of fused-ring (bicyclic) bond motifs is 1. The molecule has 1 aromatic carbocycles. The van der Waals surface area contributed by atoms with Gasteiger partial charge in [0.15, 0.2) is 0 Å². The fourth-order valence-corrected chi connectivity index (χ4v) is 3.14. The van der Waals surface area contributed by atoms with E-state index >= 15 is 0 Å². The van der Waals surface area contributed by atoms with Gasteiger partial charge >= 0.3 is 66.0 Å². The predicted octanol–water partition coefficient (Wildman–Crippen LogP) is 11.4. The van der Waals surface area contributed by atoms with Crippen molar-refractivity contribution in [3.05, 3.63) is 64.5 Å². The molecule has 0 fully saturated rings. The van der Waals surface area contributed by atoms with Gasteiger partial charge in [-0.25, -0.2) is 4.99 Å². The topological polar surface area (TPSA) is 45.6 Å². The van der Waals surface area contributed by atoms with Crippen LogP contribution in [0, 0.1) is 6.92 Å². The van der Waals surface area contributed by atoms with E-state index in [-0.39, 0.29) is 27.6 Å². The molecule has 0 atom stereocenters. The van der Waals surface area contributed by atoms with Crippen LogP contribution in [0.5, 0.6) is 0 Å². The fourth-order valence-electron chi connectivity index (χ4n) is 2.94. The Bertz CT molecular complexity index is 1260. The molecule has 0 amide bonds. The number of anilines is 1. The molecule has 0 unspecified atom stereocenters. The van der Waals surface area contributed by atoms with Crippen molar-refractivity contribution in [3.8, 4) is 0 Å². The number of carbonyl (C=O) groups is 1. The van der Waals surface area contributed by atoms with Crippen LogP contribution in [0.2, 0.25) is 0 Å². The quantitative estimate of drug-likeness (QED) is 0.235. The number of nitrogens with zero attached hydrogens (tertiary/aromatic N) is 3. The van der Waals surface area contributed by atoms with Crippen molar-refractivity contribution in [3.63, 3.8) is 0 Å². The number of halogens is 13. The summed E-state index contributed by atoms with van der Waals surface area (Å²) in [6.07, 6.45) is 3.21. The van der Waals surface area contributed by atoms with Crippen LogP contribution in [0.25, 0.3) is 0 Å². The fraction of sp³-hybridized carbons (Fsp3) is 0.250. The van der Waals surface area contributed by atoms with Gasteiger partial charge in [0.05, 0.1) is 16.4 Å². The van der Waals surface area contributed by atoms with Gasteiger partial charge in [0, 0.05) is 47.3 Å². The molecule has 0 bridgehead atoms. The molecule has 1 heterocycles. The molecule has 1 aliphatic rings. The monoisotopic (exact) mass is 702 g/mol. The Morgan fingerprint density at radius 3 is 1.77 bits per heavy atom. The zero-order valence-electron chi connectivity index (χ0n) is 20.3. The molecule has 3 rings (SSSR count). The van der Waals surface area contributed by atoms with Crippen LogP contribution in [-0.4, -0.2) is 29.6 Å². The Morgan fingerprint density at radius 2 is 1.35 bits per heavy atom. The van der Waals surface area contributed by atoms with Gasteiger partial charge in [0.1, 0.15) is 5.69 Å². The summed E-state index contributed by atoms with van der Waals surface area (Å²) in [6, 6.07) is 9.85. The van der Waals surface area contributed by atoms with E-state index in [2.05, 4.69) is 35.9 Å². The Kier molecular flexibility index (Phi) is 10.5. The minimum atomic E-state index is -10.7. The molecule has 1 radical (unpaired) electrons. The second-order valence-electron chi connectivity index (χ2n) is 7.78. The Balaban J connectivity index is 0.000000844. The van der Waals surface area contributed by atoms with Crippen molar-refractivity contribution < 1.29 is 71.9 Å². The number of ketones is 1. The van der Waals surface area contributed by atoms with Gasteiger partial charge in [0.2, 0.25) is 5.78 Å². The van der Waals surface area contributed by atoms with Crippen LogP contribution in [0.15, 0.2) is 52.6 Å². The zero-order valence-corrected chi connectivity index (χ0v) is 23.9. The van der Waals surface area contributed by atoms with Crippen molar-refractivity contribution >= 4 is 50.1 Å². The second-order valence-corrected chi connectivity index (χ2v) is 12.0. The molecule has 40 heavy (non-hydrogen) atoms. The SMILES string of the molecule is CCN(CC)c1ccc(N=C2C=C(Cl)C(=O)c3ncccc32)c(C)c1.F[P-](F)(F)(F)(F)F.F[P-](F)(F)(F)(F)F.[Co]. The van der Waals surface area contributed by atoms with E-state index in [0.717, 1.165) is 24.3 Å². The number of pyridine rings is 1. The molecule has 0 aliphatic heterocycles. The van der Waals surface area contributed by atoms with Crippen molar-refractivity contribution in [2.24, 2.45) is 4.99 Å². The van der Waals surface area contributed by atoms with E-state index in [1.807, 2.05) is 19.1 Å². The maximum Gasteiger partial charge on any atom is 0 e. The Hall–Kier alpha value is -1.93. The number of hydrogen-bond acceptors (Lipinski definition) is 4. The van der Waals surface area contributed by atoms with Crippen molar-refractivity contribution in [1.29, 1.82) is 0 Å². The minimum Gasteiger partial charge on any atom is 0 e. The van der Waals surface area contributed by atoms with Crippen LogP contribution in [0.4, 0.5) is 61.7 Å². The normalized spacial score (nSPS) is 17.6. The number of aliphatic imine (C=N–C) groups is 1. The van der Waals surface area contributed by atoms with Gasteiger partial charge in [-0.3, -0.25) is 9.78 Å². The van der Waals surface area contributed by atoms with Gasteiger partial charge in [0.25, 0.3) is 0 Å².